The molecule has 0 saturated heterocycles. The molecule has 5 heteroatoms. The summed E-state index contributed by atoms with van der Waals surface area (Å²) in [6.45, 7) is 3.37. The maximum atomic E-state index is 12.7. The highest BCUT2D eigenvalue weighted by Crippen LogP contribution is 2.24. The molecule has 0 bridgehead atoms. The van der Waals surface area contributed by atoms with Crippen molar-refractivity contribution < 1.29 is 4.79 Å². The summed E-state index contributed by atoms with van der Waals surface area (Å²) >= 11 is 11.9. The number of allylic oxidation sites excluding steroid dienone is 1. The third-order valence-electron chi connectivity index (χ3n) is 3.30. The summed E-state index contributed by atoms with van der Waals surface area (Å²) in [5.41, 5.74) is 0.402. The molecule has 0 aromatic heterocycles. The number of nitrogens with zero attached hydrogens (tertiary/aromatic N) is 2. The van der Waals surface area contributed by atoms with Crippen molar-refractivity contribution in [3.63, 3.8) is 0 Å². The summed E-state index contributed by atoms with van der Waals surface area (Å²) in [5, 5.41) is 0.996. The molecule has 0 heterocycles. The number of ketones is 1. The fraction of sp³-hybridized carbons (Fsp3) is 0.471. The molecule has 0 spiro atoms. The van der Waals surface area contributed by atoms with Crippen molar-refractivity contribution >= 4 is 35.1 Å². The molecule has 0 N–H and O–H groups in total. The molecule has 0 fully saturated rings. The Hall–Kier alpha value is -0.870. The van der Waals surface area contributed by atoms with Gasteiger partial charge < -0.3 is 9.80 Å². The molecule has 0 aliphatic heterocycles. The van der Waals surface area contributed by atoms with Gasteiger partial charge in [0.1, 0.15) is 0 Å². The van der Waals surface area contributed by atoms with Crippen LogP contribution in [-0.2, 0) is 4.79 Å². The number of hydrogen-bond acceptors (Lipinski definition) is 3. The van der Waals surface area contributed by atoms with Crippen molar-refractivity contribution in [1.82, 2.24) is 9.80 Å². The second-order valence-corrected chi connectivity index (χ2v) is 7.22. The van der Waals surface area contributed by atoms with Gasteiger partial charge in [0, 0.05) is 13.1 Å². The molecule has 0 atom stereocenters. The first-order chi connectivity index (χ1) is 10.1. The minimum atomic E-state index is -0.459. The Labute approximate surface area is 143 Å². The maximum absolute atomic E-state index is 12.7. The Balaban J connectivity index is 2.94. The molecule has 3 nitrogen and oxygen atoms in total. The third kappa shape index (κ3) is 5.73. The van der Waals surface area contributed by atoms with E-state index in [9.17, 15) is 4.79 Å². The quantitative estimate of drug-likeness (QED) is 0.705. The molecular weight excluding hydrogens is 319 g/mol. The average molecular weight is 343 g/mol. The zero-order valence-corrected chi connectivity index (χ0v) is 15.4. The normalized spacial score (nSPS) is 12.6. The molecule has 1 aromatic rings. The topological polar surface area (TPSA) is 23.6 Å². The van der Waals surface area contributed by atoms with Crippen LogP contribution >= 0.6 is 23.2 Å². The number of hydrogen-bond donors (Lipinski definition) is 0. The zero-order valence-electron chi connectivity index (χ0n) is 13.9. The van der Waals surface area contributed by atoms with E-state index in [1.165, 1.54) is 0 Å². The highest BCUT2D eigenvalue weighted by atomic mass is 35.5. The number of carbonyl (C=O) groups excluding carboxylic acids is 1. The van der Waals surface area contributed by atoms with Crippen LogP contribution in [0.4, 0.5) is 0 Å². The van der Waals surface area contributed by atoms with E-state index in [-0.39, 0.29) is 5.78 Å². The fourth-order valence-electron chi connectivity index (χ4n) is 2.59. The summed E-state index contributed by atoms with van der Waals surface area (Å²) in [6.07, 6.45) is 3.42. The van der Waals surface area contributed by atoms with Gasteiger partial charge in [-0.05, 0) is 58.9 Å². The highest BCUT2D eigenvalue weighted by Gasteiger charge is 2.32. The van der Waals surface area contributed by atoms with E-state index in [0.29, 0.717) is 23.1 Å². The van der Waals surface area contributed by atoms with Gasteiger partial charge in [0.05, 0.1) is 15.5 Å². The van der Waals surface area contributed by atoms with Gasteiger partial charge in [0.15, 0.2) is 5.78 Å². The molecule has 22 heavy (non-hydrogen) atoms. The molecule has 1 rings (SSSR count). The van der Waals surface area contributed by atoms with Crippen molar-refractivity contribution in [2.45, 2.75) is 6.92 Å². The molecule has 0 aliphatic carbocycles. The molecule has 0 saturated carbocycles. The molecular formula is C17H24Cl2N2O. The van der Waals surface area contributed by atoms with E-state index in [1.807, 2.05) is 51.0 Å². The first-order valence-corrected chi connectivity index (χ1v) is 7.87. The SMILES string of the molecule is CN(C)CC(C)(CN(C)C)C(=O)/C=C\c1ccc(Cl)c(Cl)c1. The maximum Gasteiger partial charge on any atom is 0.164 e. The predicted molar refractivity (Wildman–Crippen MR) is 95.7 cm³/mol. The van der Waals surface area contributed by atoms with Crippen LogP contribution in [0.5, 0.6) is 0 Å². The summed E-state index contributed by atoms with van der Waals surface area (Å²) in [6, 6.07) is 5.32. The van der Waals surface area contributed by atoms with Gasteiger partial charge in [-0.3, -0.25) is 4.79 Å². The average Bonchev–Trinajstić information content (AvgIpc) is 2.37. The third-order valence-corrected chi connectivity index (χ3v) is 4.04. The van der Waals surface area contributed by atoms with Gasteiger partial charge in [0.25, 0.3) is 0 Å². The fourth-order valence-corrected chi connectivity index (χ4v) is 2.90. The lowest BCUT2D eigenvalue weighted by Gasteiger charge is -2.32. The van der Waals surface area contributed by atoms with Gasteiger partial charge >= 0.3 is 0 Å². The standard InChI is InChI=1S/C17H24Cl2N2O/c1-17(11-20(2)3,12-21(4)5)16(22)9-7-13-6-8-14(18)15(19)10-13/h6-10H,11-12H2,1-5H3/b9-7-. The van der Waals surface area contributed by atoms with Crippen LogP contribution in [0.2, 0.25) is 10.0 Å². The molecule has 1 aromatic carbocycles. The van der Waals surface area contributed by atoms with E-state index < -0.39 is 5.41 Å². The smallest absolute Gasteiger partial charge is 0.164 e. The largest absolute Gasteiger partial charge is 0.308 e. The summed E-state index contributed by atoms with van der Waals surface area (Å²) < 4.78 is 0. The Morgan fingerprint density at radius 3 is 2.09 bits per heavy atom. The van der Waals surface area contributed by atoms with Gasteiger partial charge in [-0.15, -0.1) is 0 Å². The van der Waals surface area contributed by atoms with Crippen molar-refractivity contribution in [2.24, 2.45) is 5.41 Å². The number of benzene rings is 1. The Kier molecular flexibility index (Phi) is 7.07. The van der Waals surface area contributed by atoms with Gasteiger partial charge in [0.2, 0.25) is 0 Å². The molecule has 0 aliphatic rings. The molecule has 122 valence electrons. The highest BCUT2D eigenvalue weighted by molar-refractivity contribution is 6.42. The first kappa shape index (κ1) is 19.2. The summed E-state index contributed by atoms with van der Waals surface area (Å²) in [4.78, 5) is 16.7. The van der Waals surface area contributed by atoms with Gasteiger partial charge in [-0.2, -0.15) is 0 Å². The van der Waals surface area contributed by atoms with Crippen LogP contribution in [0.15, 0.2) is 24.3 Å². The van der Waals surface area contributed by atoms with E-state index in [4.69, 9.17) is 23.2 Å². The molecule has 0 unspecified atom stereocenters. The van der Waals surface area contributed by atoms with E-state index in [0.717, 1.165) is 5.56 Å². The van der Waals surface area contributed by atoms with Crippen LogP contribution in [0.25, 0.3) is 6.08 Å². The van der Waals surface area contributed by atoms with Crippen molar-refractivity contribution in [1.29, 1.82) is 0 Å². The molecule has 0 radical (unpaired) electrons. The van der Waals surface area contributed by atoms with Gasteiger partial charge in [-0.25, -0.2) is 0 Å². The second-order valence-electron chi connectivity index (χ2n) is 6.41. The van der Waals surface area contributed by atoms with Crippen molar-refractivity contribution in [3.05, 3.63) is 39.9 Å². The lowest BCUT2D eigenvalue weighted by atomic mass is 9.84. The summed E-state index contributed by atoms with van der Waals surface area (Å²) in [7, 11) is 7.90. The predicted octanol–water partition coefficient (Wildman–Crippen LogP) is 3.71. The lowest BCUT2D eigenvalue weighted by molar-refractivity contribution is -0.124. The number of rotatable bonds is 7. The summed E-state index contributed by atoms with van der Waals surface area (Å²) in [5.74, 6) is 0.0981. The van der Waals surface area contributed by atoms with Crippen LogP contribution in [-0.4, -0.2) is 56.9 Å². The van der Waals surface area contributed by atoms with Crippen molar-refractivity contribution in [2.75, 3.05) is 41.3 Å². The number of halogens is 2. The molecule has 0 amide bonds. The lowest BCUT2D eigenvalue weighted by Crippen LogP contribution is -2.44. The van der Waals surface area contributed by atoms with E-state index in [1.54, 1.807) is 24.3 Å². The van der Waals surface area contributed by atoms with Gasteiger partial charge in [-0.1, -0.05) is 35.3 Å². The zero-order chi connectivity index (χ0) is 16.9. The van der Waals surface area contributed by atoms with Crippen LogP contribution in [0.3, 0.4) is 0 Å². The van der Waals surface area contributed by atoms with Crippen LogP contribution < -0.4 is 0 Å². The van der Waals surface area contributed by atoms with E-state index >= 15 is 0 Å². The van der Waals surface area contributed by atoms with Crippen molar-refractivity contribution in [3.8, 4) is 0 Å². The monoisotopic (exact) mass is 342 g/mol. The first-order valence-electron chi connectivity index (χ1n) is 7.11. The Morgan fingerprint density at radius 2 is 1.64 bits per heavy atom. The van der Waals surface area contributed by atoms with Crippen LogP contribution in [0, 0.1) is 5.41 Å². The van der Waals surface area contributed by atoms with E-state index in [2.05, 4.69) is 0 Å². The van der Waals surface area contributed by atoms with Crippen LogP contribution in [0.1, 0.15) is 12.5 Å². The minimum absolute atomic E-state index is 0.0981. The number of carbonyl (C=O) groups is 1. The second kappa shape index (κ2) is 8.11. The Bertz CT molecular complexity index is 544. The Morgan fingerprint density at radius 1 is 1.09 bits per heavy atom. The minimum Gasteiger partial charge on any atom is -0.308 e.